The molecule has 362 valence electrons. The van der Waals surface area contributed by atoms with Crippen LogP contribution in [0.5, 0.6) is 0 Å². The van der Waals surface area contributed by atoms with Crippen molar-refractivity contribution in [3.05, 3.63) is 167 Å². The van der Waals surface area contributed by atoms with E-state index in [2.05, 4.69) is 40.2 Å². The normalized spacial score (nSPS) is 14.4. The lowest BCUT2D eigenvalue weighted by atomic mass is 9.99. The maximum atomic E-state index is 11.5. The van der Waals surface area contributed by atoms with Crippen LogP contribution in [0, 0.1) is 11.3 Å². The molecular formula is C47H51ClN10O11. The summed E-state index contributed by atoms with van der Waals surface area (Å²) < 4.78 is 30.3. The Bertz CT molecular complexity index is 2630. The smallest absolute Gasteiger partial charge is 0.341 e. The minimum atomic E-state index is -0.612. The fourth-order valence-corrected chi connectivity index (χ4v) is 6.50. The minimum Gasteiger partial charge on any atom is -0.469 e. The molecule has 7 heterocycles. The van der Waals surface area contributed by atoms with Gasteiger partial charge in [-0.15, -0.1) is 0 Å². The number of hydrogen-bond donors (Lipinski definition) is 5. The molecule has 0 aromatic carbocycles. The lowest BCUT2D eigenvalue weighted by Crippen LogP contribution is -2.20. The summed E-state index contributed by atoms with van der Waals surface area (Å²) >= 11 is 5.42. The number of hydroxylamine groups is 1. The molecule has 10 rings (SSSR count). The van der Waals surface area contributed by atoms with E-state index in [0.29, 0.717) is 42.3 Å². The zero-order chi connectivity index (χ0) is 49.7. The number of ether oxygens (including phenoxy) is 2. The third-order valence-electron chi connectivity index (χ3n) is 10.6. The van der Waals surface area contributed by atoms with Crippen molar-refractivity contribution >= 4 is 29.4 Å². The van der Waals surface area contributed by atoms with Crippen LogP contribution in [0.3, 0.4) is 0 Å². The molecule has 1 amide bonds. The number of nitriles is 1. The molecule has 21 nitrogen and oxygen atoms in total. The molecule has 7 N–H and O–H groups in total. The molecule has 7 aromatic rings. The van der Waals surface area contributed by atoms with Gasteiger partial charge in [0.05, 0.1) is 60.5 Å². The number of nitrogens with two attached hydrogens (primary N) is 2. The lowest BCUT2D eigenvalue weighted by molar-refractivity contribution is 0.0515. The number of amides is 1. The van der Waals surface area contributed by atoms with Gasteiger partial charge in [-0.1, -0.05) is 0 Å². The zero-order valence-electron chi connectivity index (χ0n) is 37.7. The van der Waals surface area contributed by atoms with E-state index in [9.17, 15) is 14.4 Å². The molecule has 0 radical (unpaired) electrons. The van der Waals surface area contributed by atoms with Gasteiger partial charge in [0.2, 0.25) is 11.0 Å². The molecule has 3 saturated carbocycles. The van der Waals surface area contributed by atoms with Crippen molar-refractivity contribution in [2.45, 2.75) is 81.6 Å². The Labute approximate surface area is 400 Å². The fraction of sp³-hybridized carbons (Fsp3) is 0.319. The Kier molecular flexibility index (Phi) is 19.4. The van der Waals surface area contributed by atoms with Gasteiger partial charge in [0.25, 0.3) is 5.91 Å². The quantitative estimate of drug-likeness (QED) is 0.0356. The monoisotopic (exact) mass is 966 g/mol. The lowest BCUT2D eigenvalue weighted by Gasteiger charge is -2.10. The highest BCUT2D eigenvalue weighted by Crippen LogP contribution is 2.51. The number of nitrogens with zero attached hydrogens (tertiary/aromatic N) is 7. The number of furan rings is 4. The standard InChI is InChI=1S/C15H16N2O3.C13H13N3O3.C7H7ClN2O2.C7H9NO.C5H3NO.H3NO/c1-2-19-14(18)11-9-16-13(17-10-11)8-15(5-6-15)12-4-3-7-20-12;17-12(16-18)9-7-14-11(15-8-9)6-13(3-4-13)10-2-1-5-19-10;1-2-12-6(11)5-3-9-7(8)10-4-5;8-7(3-4-7)6-2-1-5-9-6;6-4-5-2-1-3-7-5;1-2/h3-4,7,9-10H,2,5-6,8H2,1H3;1-2,5,7-8,18H,3-4,6H2,(H,16,17);3-4H,2H2,1H3;1-2,5H,3-4,8H2;1-3H;2H,1H2. The number of nitrogens with one attached hydrogen (secondary N) is 1. The topological polar surface area (TPSA) is 328 Å². The first kappa shape index (κ1) is 52.4. The number of carbonyl (C=O) groups is 3. The fourth-order valence-electron chi connectivity index (χ4n) is 6.40. The molecule has 69 heavy (non-hydrogen) atoms. The Balaban J connectivity index is 0.000000167. The molecule has 0 spiro atoms. The van der Waals surface area contributed by atoms with E-state index in [0.717, 1.165) is 68.1 Å². The highest BCUT2D eigenvalue weighted by atomic mass is 35.5. The van der Waals surface area contributed by atoms with Crippen molar-refractivity contribution in [2.75, 3.05) is 13.2 Å². The van der Waals surface area contributed by atoms with Gasteiger partial charge in [-0.25, -0.2) is 50.9 Å². The van der Waals surface area contributed by atoms with Crippen LogP contribution in [-0.2, 0) is 38.7 Å². The minimum absolute atomic E-state index is 0.0181. The molecular weight excluding hydrogens is 916 g/mol. The van der Waals surface area contributed by atoms with Gasteiger partial charge in [0.1, 0.15) is 35.0 Å². The number of rotatable bonds is 12. The first-order valence-electron chi connectivity index (χ1n) is 21.4. The van der Waals surface area contributed by atoms with Gasteiger partial charge < -0.3 is 38.1 Å². The summed E-state index contributed by atoms with van der Waals surface area (Å²) in [6, 6.07) is 16.7. The van der Waals surface area contributed by atoms with E-state index in [-0.39, 0.29) is 33.2 Å². The zero-order valence-corrected chi connectivity index (χ0v) is 38.5. The molecule has 0 bridgehead atoms. The number of halogens is 1. The van der Waals surface area contributed by atoms with Gasteiger partial charge in [-0.3, -0.25) is 10.0 Å². The van der Waals surface area contributed by atoms with Crippen LogP contribution in [0.4, 0.5) is 0 Å². The van der Waals surface area contributed by atoms with Gasteiger partial charge in [0.15, 0.2) is 0 Å². The van der Waals surface area contributed by atoms with Gasteiger partial charge in [-0.2, -0.15) is 5.26 Å². The number of aromatic nitrogens is 6. The summed E-state index contributed by atoms with van der Waals surface area (Å²) in [6.07, 6.45) is 22.9. The van der Waals surface area contributed by atoms with Crippen LogP contribution >= 0.6 is 11.6 Å². The van der Waals surface area contributed by atoms with Crippen molar-refractivity contribution in [3.63, 3.8) is 0 Å². The van der Waals surface area contributed by atoms with Crippen molar-refractivity contribution < 1.29 is 51.9 Å². The summed E-state index contributed by atoms with van der Waals surface area (Å²) in [5.74, 6) is 6.72. The number of hydrogen-bond acceptors (Lipinski definition) is 20. The van der Waals surface area contributed by atoms with E-state index in [1.165, 1.54) is 43.4 Å². The predicted molar refractivity (Wildman–Crippen MR) is 242 cm³/mol. The van der Waals surface area contributed by atoms with Crippen molar-refractivity contribution in [3.8, 4) is 6.07 Å². The SMILES string of the molecule is CCOC(=O)c1cnc(CC2(c3ccco3)CC2)nc1.CCOC(=O)c1cnc(Cl)nc1.N#Cc1ccco1.NC1(c2ccco2)CC1.NO.O=C(NO)c1cnc(CC2(c3ccco3)CC2)nc1. The molecule has 3 aliphatic carbocycles. The number of carbonyl (C=O) groups excluding carboxylic acids is 3. The van der Waals surface area contributed by atoms with E-state index in [4.69, 9.17) is 55.7 Å². The van der Waals surface area contributed by atoms with E-state index in [1.807, 2.05) is 42.5 Å². The number of esters is 2. The Morgan fingerprint density at radius 3 is 1.36 bits per heavy atom. The second-order valence-corrected chi connectivity index (χ2v) is 15.8. The van der Waals surface area contributed by atoms with Crippen molar-refractivity contribution in [1.29, 1.82) is 5.26 Å². The second kappa shape index (κ2) is 25.5. The molecule has 0 aliphatic heterocycles. The Morgan fingerprint density at radius 2 is 1.04 bits per heavy atom. The summed E-state index contributed by atoms with van der Waals surface area (Å²) in [4.78, 5) is 57.8. The Hall–Kier alpha value is -7.61. The average molecular weight is 967 g/mol. The first-order chi connectivity index (χ1) is 33.4. The summed E-state index contributed by atoms with van der Waals surface area (Å²) in [7, 11) is 0. The highest BCUT2D eigenvalue weighted by Gasteiger charge is 2.48. The molecule has 3 aliphatic rings. The van der Waals surface area contributed by atoms with Crippen LogP contribution in [0.15, 0.2) is 128 Å². The van der Waals surface area contributed by atoms with Crippen LogP contribution in [0.25, 0.3) is 0 Å². The van der Waals surface area contributed by atoms with E-state index in [1.54, 1.807) is 50.2 Å². The van der Waals surface area contributed by atoms with Crippen molar-refractivity contribution in [2.24, 2.45) is 11.6 Å². The first-order valence-corrected chi connectivity index (χ1v) is 21.8. The predicted octanol–water partition coefficient (Wildman–Crippen LogP) is 7.00. The van der Waals surface area contributed by atoms with Gasteiger partial charge >= 0.3 is 11.9 Å². The van der Waals surface area contributed by atoms with E-state index >= 15 is 0 Å². The third kappa shape index (κ3) is 15.5. The van der Waals surface area contributed by atoms with Gasteiger partial charge in [-0.05, 0) is 113 Å². The molecule has 0 atom stereocenters. The molecule has 3 fully saturated rings. The summed E-state index contributed by atoms with van der Waals surface area (Å²) in [5, 5.41) is 23.2. The van der Waals surface area contributed by atoms with Crippen molar-refractivity contribution in [1.82, 2.24) is 35.4 Å². The highest BCUT2D eigenvalue weighted by molar-refractivity contribution is 6.28. The average Bonchev–Trinajstić information content (AvgIpc) is 4.13. The van der Waals surface area contributed by atoms with Crippen LogP contribution in [-0.4, -0.2) is 71.4 Å². The van der Waals surface area contributed by atoms with Crippen LogP contribution in [0.1, 0.15) is 118 Å². The summed E-state index contributed by atoms with van der Waals surface area (Å²) in [5.41, 5.74) is 8.27. The third-order valence-corrected chi connectivity index (χ3v) is 10.8. The largest absolute Gasteiger partial charge is 0.469 e. The second-order valence-electron chi connectivity index (χ2n) is 15.5. The molecule has 0 saturated heterocycles. The maximum absolute atomic E-state index is 11.5. The molecule has 0 unspecified atom stereocenters. The summed E-state index contributed by atoms with van der Waals surface area (Å²) in [6.45, 7) is 4.19. The van der Waals surface area contributed by atoms with Crippen LogP contribution in [0.2, 0.25) is 5.28 Å². The Morgan fingerprint density at radius 1 is 0.652 bits per heavy atom. The molecule has 7 aromatic heterocycles. The maximum Gasteiger partial charge on any atom is 0.341 e. The van der Waals surface area contributed by atoms with E-state index < -0.39 is 11.9 Å². The van der Waals surface area contributed by atoms with Crippen LogP contribution < -0.4 is 17.1 Å². The molecule has 22 heteroatoms. The van der Waals surface area contributed by atoms with Gasteiger partial charge in [0, 0.05) is 60.9 Å².